The molecule has 2 fully saturated rings. The second-order valence-electron chi connectivity index (χ2n) is 9.71. The summed E-state index contributed by atoms with van der Waals surface area (Å²) in [6, 6.07) is 17.7. The lowest BCUT2D eigenvalue weighted by Gasteiger charge is -2.42. The van der Waals surface area contributed by atoms with Gasteiger partial charge in [-0.05, 0) is 37.5 Å². The third-order valence-corrected chi connectivity index (χ3v) is 7.09. The molecule has 7 heteroatoms. The van der Waals surface area contributed by atoms with Crippen LogP contribution in [0.3, 0.4) is 0 Å². The standard InChI is InChI=1S/C28H36N4O3/c1-21-20-31(17-18-32(21)26(33)23-13-7-3-8-14-23)27(34)25(19-22-11-5-2-6-12-22)30-28(35)29-24-15-9-4-10-16-24/h2,4-6,9-12,15-16,21,23,25H,3,7-8,13-14,17-20H2,1H3,(H2,29,30,35). The molecule has 0 aromatic heterocycles. The summed E-state index contributed by atoms with van der Waals surface area (Å²) in [5.41, 5.74) is 1.64. The van der Waals surface area contributed by atoms with Gasteiger partial charge in [0, 0.05) is 43.7 Å². The molecule has 186 valence electrons. The molecule has 2 N–H and O–H groups in total. The summed E-state index contributed by atoms with van der Waals surface area (Å²) in [7, 11) is 0. The lowest BCUT2D eigenvalue weighted by Crippen LogP contribution is -2.60. The summed E-state index contributed by atoms with van der Waals surface area (Å²) in [6.07, 6.45) is 5.82. The van der Waals surface area contributed by atoms with Crippen molar-refractivity contribution in [2.45, 2.75) is 57.5 Å². The summed E-state index contributed by atoms with van der Waals surface area (Å²) in [5, 5.41) is 5.70. The fourth-order valence-corrected chi connectivity index (χ4v) is 5.19. The largest absolute Gasteiger partial charge is 0.337 e. The van der Waals surface area contributed by atoms with Gasteiger partial charge in [-0.1, -0.05) is 67.8 Å². The summed E-state index contributed by atoms with van der Waals surface area (Å²) in [6.45, 7) is 3.51. The van der Waals surface area contributed by atoms with Crippen molar-refractivity contribution < 1.29 is 14.4 Å². The number of nitrogens with one attached hydrogen (secondary N) is 2. The Bertz CT molecular complexity index is 992. The molecule has 2 atom stereocenters. The average Bonchev–Trinajstić information content (AvgIpc) is 2.89. The van der Waals surface area contributed by atoms with Crippen molar-refractivity contribution in [2.75, 3.05) is 25.0 Å². The Morgan fingerprint density at radius 2 is 1.57 bits per heavy atom. The number of carbonyl (C=O) groups excluding carboxylic acids is 3. The molecule has 1 aliphatic heterocycles. The Kier molecular flexibility index (Phi) is 8.40. The van der Waals surface area contributed by atoms with Crippen molar-refractivity contribution in [1.82, 2.24) is 15.1 Å². The minimum Gasteiger partial charge on any atom is -0.337 e. The Balaban J connectivity index is 1.41. The minimum absolute atomic E-state index is 0.0438. The van der Waals surface area contributed by atoms with Gasteiger partial charge in [0.1, 0.15) is 6.04 Å². The van der Waals surface area contributed by atoms with Crippen molar-refractivity contribution in [3.8, 4) is 0 Å². The zero-order valence-electron chi connectivity index (χ0n) is 20.5. The van der Waals surface area contributed by atoms with Gasteiger partial charge in [0.25, 0.3) is 0 Å². The quantitative estimate of drug-likeness (QED) is 0.660. The molecule has 1 saturated carbocycles. The summed E-state index contributed by atoms with van der Waals surface area (Å²) < 4.78 is 0. The third kappa shape index (κ3) is 6.62. The van der Waals surface area contributed by atoms with E-state index in [4.69, 9.17) is 0 Å². The maximum absolute atomic E-state index is 13.6. The molecule has 2 unspecified atom stereocenters. The molecule has 2 aromatic carbocycles. The van der Waals surface area contributed by atoms with Crippen LogP contribution in [0.2, 0.25) is 0 Å². The van der Waals surface area contributed by atoms with Gasteiger partial charge in [-0.2, -0.15) is 0 Å². The first-order valence-corrected chi connectivity index (χ1v) is 12.8. The zero-order chi connectivity index (χ0) is 24.6. The predicted molar refractivity (Wildman–Crippen MR) is 137 cm³/mol. The molecule has 1 saturated heterocycles. The Morgan fingerprint density at radius 3 is 2.23 bits per heavy atom. The van der Waals surface area contributed by atoms with Crippen LogP contribution < -0.4 is 10.6 Å². The number of urea groups is 1. The van der Waals surface area contributed by atoms with E-state index in [-0.39, 0.29) is 23.8 Å². The maximum atomic E-state index is 13.6. The molecule has 2 aliphatic rings. The lowest BCUT2D eigenvalue weighted by molar-refractivity contribution is -0.146. The van der Waals surface area contributed by atoms with E-state index in [0.717, 1.165) is 31.2 Å². The number of piperazine rings is 1. The average molecular weight is 477 g/mol. The number of rotatable bonds is 6. The molecule has 35 heavy (non-hydrogen) atoms. The number of anilines is 1. The normalized spacial score (nSPS) is 19.6. The monoisotopic (exact) mass is 476 g/mol. The third-order valence-electron chi connectivity index (χ3n) is 7.09. The molecule has 0 bridgehead atoms. The zero-order valence-corrected chi connectivity index (χ0v) is 20.5. The van der Waals surface area contributed by atoms with Gasteiger partial charge in [-0.25, -0.2) is 4.79 Å². The molecular formula is C28H36N4O3. The molecule has 1 heterocycles. The van der Waals surface area contributed by atoms with Crippen molar-refractivity contribution in [3.05, 3.63) is 66.2 Å². The highest BCUT2D eigenvalue weighted by Gasteiger charge is 2.36. The number of para-hydroxylation sites is 1. The number of carbonyl (C=O) groups is 3. The molecule has 4 amide bonds. The van der Waals surface area contributed by atoms with Gasteiger partial charge in [0.15, 0.2) is 0 Å². The molecule has 4 rings (SSSR count). The van der Waals surface area contributed by atoms with Crippen LogP contribution in [-0.2, 0) is 16.0 Å². The summed E-state index contributed by atoms with van der Waals surface area (Å²) in [5.74, 6) is 0.252. The fourth-order valence-electron chi connectivity index (χ4n) is 5.19. The van der Waals surface area contributed by atoms with Gasteiger partial charge >= 0.3 is 6.03 Å². The van der Waals surface area contributed by atoms with Gasteiger partial charge in [-0.15, -0.1) is 0 Å². The number of benzene rings is 2. The highest BCUT2D eigenvalue weighted by Crippen LogP contribution is 2.27. The van der Waals surface area contributed by atoms with E-state index in [9.17, 15) is 14.4 Å². The van der Waals surface area contributed by atoms with Crippen LogP contribution in [0.1, 0.15) is 44.6 Å². The van der Waals surface area contributed by atoms with Crippen molar-refractivity contribution in [3.63, 3.8) is 0 Å². The molecule has 0 radical (unpaired) electrons. The second-order valence-corrected chi connectivity index (χ2v) is 9.71. The SMILES string of the molecule is CC1CN(C(=O)C(Cc2ccccc2)NC(=O)Nc2ccccc2)CCN1C(=O)C1CCCCC1. The number of hydrogen-bond acceptors (Lipinski definition) is 3. The van der Waals surface area contributed by atoms with Crippen LogP contribution in [-0.4, -0.2) is 59.4 Å². The van der Waals surface area contributed by atoms with E-state index in [0.29, 0.717) is 31.7 Å². The topological polar surface area (TPSA) is 81.8 Å². The molecule has 2 aromatic rings. The smallest absolute Gasteiger partial charge is 0.319 e. The van der Waals surface area contributed by atoms with E-state index in [2.05, 4.69) is 10.6 Å². The number of hydrogen-bond donors (Lipinski definition) is 2. The predicted octanol–water partition coefficient (Wildman–Crippen LogP) is 4.06. The number of amides is 4. The van der Waals surface area contributed by atoms with Crippen molar-refractivity contribution in [1.29, 1.82) is 0 Å². The summed E-state index contributed by atoms with van der Waals surface area (Å²) >= 11 is 0. The van der Waals surface area contributed by atoms with Crippen LogP contribution in [0, 0.1) is 5.92 Å². The highest BCUT2D eigenvalue weighted by atomic mass is 16.2. The van der Waals surface area contributed by atoms with Crippen LogP contribution in [0.25, 0.3) is 0 Å². The number of nitrogens with zero attached hydrogens (tertiary/aromatic N) is 2. The van der Waals surface area contributed by atoms with E-state index < -0.39 is 12.1 Å². The van der Waals surface area contributed by atoms with Crippen LogP contribution in [0.4, 0.5) is 10.5 Å². The van der Waals surface area contributed by atoms with E-state index in [1.54, 1.807) is 17.0 Å². The van der Waals surface area contributed by atoms with Gasteiger partial charge in [-0.3, -0.25) is 9.59 Å². The van der Waals surface area contributed by atoms with Crippen LogP contribution in [0.15, 0.2) is 60.7 Å². The van der Waals surface area contributed by atoms with Gasteiger partial charge in [0.05, 0.1) is 0 Å². The Hall–Kier alpha value is -3.35. The molecule has 1 aliphatic carbocycles. The first-order chi connectivity index (χ1) is 17.0. The first-order valence-electron chi connectivity index (χ1n) is 12.8. The Labute approximate surface area is 207 Å². The van der Waals surface area contributed by atoms with Crippen LogP contribution >= 0.6 is 0 Å². The van der Waals surface area contributed by atoms with Gasteiger partial charge < -0.3 is 20.4 Å². The second kappa shape index (κ2) is 11.9. The summed E-state index contributed by atoms with van der Waals surface area (Å²) in [4.78, 5) is 43.2. The lowest BCUT2D eigenvalue weighted by atomic mass is 9.87. The van der Waals surface area contributed by atoms with Crippen molar-refractivity contribution >= 4 is 23.5 Å². The first kappa shape index (κ1) is 24.8. The fraction of sp³-hybridized carbons (Fsp3) is 0.464. The van der Waals surface area contributed by atoms with Crippen LogP contribution in [0.5, 0.6) is 0 Å². The van der Waals surface area contributed by atoms with Gasteiger partial charge in [0.2, 0.25) is 11.8 Å². The molecule has 7 nitrogen and oxygen atoms in total. The van der Waals surface area contributed by atoms with Crippen molar-refractivity contribution in [2.24, 2.45) is 5.92 Å². The Morgan fingerprint density at radius 1 is 0.914 bits per heavy atom. The van der Waals surface area contributed by atoms with E-state index in [1.807, 2.05) is 60.4 Å². The van der Waals surface area contributed by atoms with E-state index >= 15 is 0 Å². The minimum atomic E-state index is -0.700. The van der Waals surface area contributed by atoms with E-state index in [1.165, 1.54) is 6.42 Å². The molecular weight excluding hydrogens is 440 g/mol. The maximum Gasteiger partial charge on any atom is 0.319 e. The molecule has 0 spiro atoms. The highest BCUT2D eigenvalue weighted by molar-refractivity contribution is 5.94.